The number of fused-ring (bicyclic) bond motifs is 1. The fraction of sp³-hybridized carbons (Fsp3) is 0.263. The van der Waals surface area contributed by atoms with Crippen LogP contribution < -0.4 is 10.2 Å². The highest BCUT2D eigenvalue weighted by Crippen LogP contribution is 2.38. The number of benzene rings is 2. The summed E-state index contributed by atoms with van der Waals surface area (Å²) in [6.45, 7) is 0.603. The number of hydrogen-bond acceptors (Lipinski definition) is 4. The maximum atomic E-state index is 12.3. The van der Waals surface area contributed by atoms with Crippen LogP contribution in [0.25, 0.3) is 0 Å². The van der Waals surface area contributed by atoms with E-state index in [1.807, 2.05) is 54.4 Å². The molecule has 1 aliphatic heterocycles. The van der Waals surface area contributed by atoms with Gasteiger partial charge < -0.3 is 20.1 Å². The van der Waals surface area contributed by atoms with Crippen molar-refractivity contribution in [1.29, 1.82) is 0 Å². The molecule has 1 heterocycles. The second kappa shape index (κ2) is 6.84. The number of anilines is 1. The molecule has 1 atom stereocenters. The van der Waals surface area contributed by atoms with E-state index in [2.05, 4.69) is 5.32 Å². The van der Waals surface area contributed by atoms with E-state index < -0.39 is 17.6 Å². The zero-order valence-corrected chi connectivity index (χ0v) is 13.9. The minimum absolute atomic E-state index is 0.0872. The number of nitrogens with one attached hydrogen (secondary N) is 1. The summed E-state index contributed by atoms with van der Waals surface area (Å²) in [5.41, 5.74) is 0.704. The van der Waals surface area contributed by atoms with E-state index in [4.69, 9.17) is 4.74 Å². The Bertz CT molecular complexity index is 778. The molecule has 0 fully saturated rings. The van der Waals surface area contributed by atoms with E-state index in [0.717, 1.165) is 11.3 Å². The maximum Gasteiger partial charge on any atom is 0.408 e. The lowest BCUT2D eigenvalue weighted by Gasteiger charge is -2.40. The second-order valence-corrected chi connectivity index (χ2v) is 6.09. The van der Waals surface area contributed by atoms with Gasteiger partial charge in [-0.15, -0.1) is 0 Å². The summed E-state index contributed by atoms with van der Waals surface area (Å²) in [6, 6.07) is 16.5. The summed E-state index contributed by atoms with van der Waals surface area (Å²) in [7, 11) is 1.90. The minimum atomic E-state index is -1.49. The van der Waals surface area contributed by atoms with Gasteiger partial charge in [0.05, 0.1) is 0 Å². The molecular weight excluding hydrogens is 320 g/mol. The smallest absolute Gasteiger partial charge is 0.408 e. The molecule has 2 N–H and O–H groups in total. The van der Waals surface area contributed by atoms with Gasteiger partial charge in [0.15, 0.2) is 5.54 Å². The molecular formula is C19H20N2O4. The number of carbonyl (C=O) groups excluding carboxylic acids is 1. The molecule has 1 amide bonds. The Kier molecular flexibility index (Phi) is 4.61. The predicted molar refractivity (Wildman–Crippen MR) is 93.4 cm³/mol. The highest BCUT2D eigenvalue weighted by atomic mass is 16.5. The molecule has 25 heavy (non-hydrogen) atoms. The highest BCUT2D eigenvalue weighted by Gasteiger charge is 2.46. The van der Waals surface area contributed by atoms with Gasteiger partial charge in [-0.05, 0) is 11.6 Å². The topological polar surface area (TPSA) is 78.9 Å². The third-order valence-corrected chi connectivity index (χ3v) is 4.49. The Morgan fingerprint density at radius 3 is 2.56 bits per heavy atom. The van der Waals surface area contributed by atoms with Crippen molar-refractivity contribution in [2.75, 3.05) is 18.5 Å². The average Bonchev–Trinajstić information content (AvgIpc) is 2.63. The van der Waals surface area contributed by atoms with Crippen LogP contribution in [-0.4, -0.2) is 30.8 Å². The molecule has 2 aromatic rings. The van der Waals surface area contributed by atoms with Crippen LogP contribution in [0.2, 0.25) is 0 Å². The molecule has 1 aliphatic rings. The van der Waals surface area contributed by atoms with Crippen LogP contribution in [-0.2, 0) is 21.7 Å². The van der Waals surface area contributed by atoms with Gasteiger partial charge in [0.25, 0.3) is 0 Å². The van der Waals surface area contributed by atoms with Crippen LogP contribution in [0.1, 0.15) is 17.5 Å². The SMILES string of the molecule is CN1CCC(NC(=O)OCc2ccccc2)(C(=O)O)c2ccccc21. The molecule has 3 rings (SSSR count). The molecule has 1 unspecified atom stereocenters. The van der Waals surface area contributed by atoms with E-state index in [1.54, 1.807) is 12.1 Å². The normalized spacial score (nSPS) is 19.0. The van der Waals surface area contributed by atoms with Gasteiger partial charge in [-0.2, -0.15) is 0 Å². The molecule has 0 radical (unpaired) electrons. The summed E-state index contributed by atoms with van der Waals surface area (Å²) in [6.07, 6.45) is -0.485. The number of hydrogen-bond donors (Lipinski definition) is 2. The Morgan fingerprint density at radius 1 is 1.16 bits per heavy atom. The van der Waals surface area contributed by atoms with Crippen molar-refractivity contribution in [2.45, 2.75) is 18.6 Å². The fourth-order valence-electron chi connectivity index (χ4n) is 3.10. The molecule has 130 valence electrons. The van der Waals surface area contributed by atoms with E-state index in [1.165, 1.54) is 0 Å². The lowest BCUT2D eigenvalue weighted by molar-refractivity contribution is -0.145. The number of para-hydroxylation sites is 1. The monoisotopic (exact) mass is 340 g/mol. The van der Waals surface area contributed by atoms with Gasteiger partial charge in [-0.3, -0.25) is 0 Å². The molecule has 0 saturated carbocycles. The van der Waals surface area contributed by atoms with Crippen molar-refractivity contribution in [3.63, 3.8) is 0 Å². The third-order valence-electron chi connectivity index (χ3n) is 4.49. The number of carbonyl (C=O) groups is 2. The maximum absolute atomic E-state index is 12.3. The van der Waals surface area contributed by atoms with Crippen molar-refractivity contribution in [2.24, 2.45) is 0 Å². The number of ether oxygens (including phenoxy) is 1. The Morgan fingerprint density at radius 2 is 1.84 bits per heavy atom. The lowest BCUT2D eigenvalue weighted by atomic mass is 9.82. The van der Waals surface area contributed by atoms with Crippen molar-refractivity contribution < 1.29 is 19.4 Å². The van der Waals surface area contributed by atoms with Gasteiger partial charge in [0.2, 0.25) is 0 Å². The van der Waals surface area contributed by atoms with E-state index in [9.17, 15) is 14.7 Å². The Labute approximate surface area is 146 Å². The Hall–Kier alpha value is -3.02. The van der Waals surface area contributed by atoms with E-state index in [-0.39, 0.29) is 13.0 Å². The number of carboxylic acid groups (broad SMARTS) is 1. The van der Waals surface area contributed by atoms with Crippen molar-refractivity contribution in [3.8, 4) is 0 Å². The quantitative estimate of drug-likeness (QED) is 0.895. The first-order chi connectivity index (χ1) is 12.0. The lowest BCUT2D eigenvalue weighted by Crippen LogP contribution is -2.56. The molecule has 0 bridgehead atoms. The molecule has 0 saturated heterocycles. The summed E-state index contributed by atoms with van der Waals surface area (Å²) >= 11 is 0. The first-order valence-electron chi connectivity index (χ1n) is 8.06. The molecule has 0 spiro atoms. The van der Waals surface area contributed by atoms with Crippen molar-refractivity contribution in [1.82, 2.24) is 5.32 Å². The van der Waals surface area contributed by atoms with Gasteiger partial charge >= 0.3 is 12.1 Å². The molecule has 6 heteroatoms. The van der Waals surface area contributed by atoms with Crippen LogP contribution in [0.15, 0.2) is 54.6 Å². The number of amides is 1. The van der Waals surface area contributed by atoms with Crippen LogP contribution in [0, 0.1) is 0 Å². The van der Waals surface area contributed by atoms with Gasteiger partial charge in [-0.1, -0.05) is 48.5 Å². The minimum Gasteiger partial charge on any atom is -0.479 e. The van der Waals surface area contributed by atoms with E-state index in [0.29, 0.717) is 12.1 Å². The van der Waals surface area contributed by atoms with Crippen molar-refractivity contribution >= 4 is 17.7 Å². The van der Waals surface area contributed by atoms with Gasteiger partial charge in [-0.25, -0.2) is 9.59 Å². The van der Waals surface area contributed by atoms with Gasteiger partial charge in [0.1, 0.15) is 6.61 Å². The average molecular weight is 340 g/mol. The van der Waals surface area contributed by atoms with Crippen LogP contribution in [0.5, 0.6) is 0 Å². The summed E-state index contributed by atoms with van der Waals surface area (Å²) in [5.74, 6) is -1.09. The summed E-state index contributed by atoms with van der Waals surface area (Å²) < 4.78 is 5.22. The number of nitrogens with zero attached hydrogens (tertiary/aromatic N) is 1. The van der Waals surface area contributed by atoms with Crippen LogP contribution in [0.4, 0.5) is 10.5 Å². The Balaban J connectivity index is 1.81. The first-order valence-corrected chi connectivity index (χ1v) is 8.06. The van der Waals surface area contributed by atoms with Crippen LogP contribution >= 0.6 is 0 Å². The molecule has 6 nitrogen and oxygen atoms in total. The molecule has 2 aromatic carbocycles. The highest BCUT2D eigenvalue weighted by molar-refractivity contribution is 5.89. The molecule has 0 aliphatic carbocycles. The second-order valence-electron chi connectivity index (χ2n) is 6.09. The largest absolute Gasteiger partial charge is 0.479 e. The number of carboxylic acids is 1. The van der Waals surface area contributed by atoms with Crippen LogP contribution in [0.3, 0.4) is 0 Å². The summed E-state index contributed by atoms with van der Waals surface area (Å²) in [5, 5.41) is 12.5. The number of alkyl carbamates (subject to hydrolysis) is 1. The molecule has 0 aromatic heterocycles. The number of aliphatic carboxylic acids is 1. The third kappa shape index (κ3) is 3.28. The fourth-order valence-corrected chi connectivity index (χ4v) is 3.10. The number of rotatable bonds is 4. The predicted octanol–water partition coefficient (Wildman–Crippen LogP) is 2.73. The zero-order valence-electron chi connectivity index (χ0n) is 13.9. The standard InChI is InChI=1S/C19H20N2O4/c1-21-12-11-19(17(22)23,15-9-5-6-10-16(15)21)20-18(24)25-13-14-7-3-2-4-8-14/h2-10H,11-13H2,1H3,(H,20,24)(H,22,23). The van der Waals surface area contributed by atoms with Gasteiger partial charge in [0, 0.05) is 31.3 Å². The van der Waals surface area contributed by atoms with Crippen molar-refractivity contribution in [3.05, 3.63) is 65.7 Å². The summed E-state index contributed by atoms with van der Waals surface area (Å²) in [4.78, 5) is 26.3. The van der Waals surface area contributed by atoms with E-state index >= 15 is 0 Å². The zero-order chi connectivity index (χ0) is 17.9. The first kappa shape index (κ1) is 16.8.